The second kappa shape index (κ2) is 8.02. The van der Waals surface area contributed by atoms with Gasteiger partial charge in [-0.2, -0.15) is 0 Å². The molecule has 0 aliphatic heterocycles. The van der Waals surface area contributed by atoms with Gasteiger partial charge in [0.05, 0.1) is 11.9 Å². The van der Waals surface area contributed by atoms with E-state index in [1.165, 1.54) is 0 Å². The van der Waals surface area contributed by atoms with Crippen LogP contribution in [0.5, 0.6) is 0 Å². The van der Waals surface area contributed by atoms with Crippen LogP contribution in [0, 0.1) is 0 Å². The van der Waals surface area contributed by atoms with Gasteiger partial charge in [-0.1, -0.05) is 68.4 Å². The number of nitrogens with one attached hydrogen (secondary N) is 1. The molecule has 0 atom stereocenters. The van der Waals surface area contributed by atoms with Crippen molar-refractivity contribution in [3.63, 3.8) is 0 Å². The molecule has 0 heterocycles. The molecule has 0 spiro atoms. The molecule has 1 amide bonds. The number of sulfonamides is 1. The quantitative estimate of drug-likeness (QED) is 0.673. The monoisotopic (exact) mass is 396 g/mol. The summed E-state index contributed by atoms with van der Waals surface area (Å²) < 4.78 is 26.1. The summed E-state index contributed by atoms with van der Waals surface area (Å²) in [5, 5.41) is 4.57. The van der Waals surface area contributed by atoms with Crippen molar-refractivity contribution in [2.45, 2.75) is 19.8 Å². The Hall–Kier alpha value is -2.86. The van der Waals surface area contributed by atoms with E-state index in [9.17, 15) is 13.2 Å². The lowest BCUT2D eigenvalue weighted by atomic mass is 10.0. The van der Waals surface area contributed by atoms with Crippen LogP contribution in [0.4, 0.5) is 11.4 Å². The summed E-state index contributed by atoms with van der Waals surface area (Å²) in [5.41, 5.74) is 2.20. The zero-order valence-corrected chi connectivity index (χ0v) is 17.0. The highest BCUT2D eigenvalue weighted by Gasteiger charge is 2.23. The van der Waals surface area contributed by atoms with Gasteiger partial charge in [-0.15, -0.1) is 0 Å². The Morgan fingerprint density at radius 2 is 1.61 bits per heavy atom. The maximum absolute atomic E-state index is 12.7. The van der Waals surface area contributed by atoms with Crippen LogP contribution < -0.4 is 9.62 Å². The molecule has 0 unspecified atom stereocenters. The first kappa shape index (κ1) is 19.9. The molecule has 0 bridgehead atoms. The van der Waals surface area contributed by atoms with Crippen LogP contribution >= 0.6 is 0 Å². The first-order chi connectivity index (χ1) is 13.3. The van der Waals surface area contributed by atoms with E-state index in [0.29, 0.717) is 11.4 Å². The Balaban J connectivity index is 1.94. The average molecular weight is 397 g/mol. The van der Waals surface area contributed by atoms with E-state index in [0.717, 1.165) is 26.9 Å². The number of anilines is 2. The fourth-order valence-electron chi connectivity index (χ4n) is 3.24. The van der Waals surface area contributed by atoms with E-state index in [-0.39, 0.29) is 18.4 Å². The first-order valence-electron chi connectivity index (χ1n) is 9.11. The molecule has 5 nitrogen and oxygen atoms in total. The summed E-state index contributed by atoms with van der Waals surface area (Å²) in [7, 11) is -3.65. The fourth-order valence-corrected chi connectivity index (χ4v) is 4.11. The van der Waals surface area contributed by atoms with Gasteiger partial charge in [0.25, 0.3) is 0 Å². The summed E-state index contributed by atoms with van der Waals surface area (Å²) in [5.74, 6) is -0.146. The van der Waals surface area contributed by atoms with Gasteiger partial charge in [0.1, 0.15) is 6.54 Å². The van der Waals surface area contributed by atoms with Gasteiger partial charge in [-0.3, -0.25) is 9.10 Å². The molecule has 1 N–H and O–H groups in total. The van der Waals surface area contributed by atoms with Crippen molar-refractivity contribution in [3.05, 3.63) is 72.3 Å². The van der Waals surface area contributed by atoms with Crippen LogP contribution in [0.15, 0.2) is 66.7 Å². The maximum atomic E-state index is 12.7. The Labute approximate surface area is 166 Å². The molecule has 0 saturated carbocycles. The molecule has 0 fully saturated rings. The van der Waals surface area contributed by atoms with Crippen molar-refractivity contribution in [1.29, 1.82) is 0 Å². The van der Waals surface area contributed by atoms with E-state index < -0.39 is 10.0 Å². The second-order valence-corrected chi connectivity index (χ2v) is 8.96. The van der Waals surface area contributed by atoms with Gasteiger partial charge in [-0.05, 0) is 29.0 Å². The number of nitrogens with zero attached hydrogens (tertiary/aromatic N) is 1. The SMILES string of the molecule is CC(C)c1ccccc1NC(=O)CN(c1cccc2ccccc12)S(C)(=O)=O. The largest absolute Gasteiger partial charge is 0.324 e. The molecule has 146 valence electrons. The topological polar surface area (TPSA) is 66.5 Å². The van der Waals surface area contributed by atoms with E-state index in [1.54, 1.807) is 12.1 Å². The van der Waals surface area contributed by atoms with Gasteiger partial charge in [0.15, 0.2) is 0 Å². The molecular weight excluding hydrogens is 372 g/mol. The first-order valence-corrected chi connectivity index (χ1v) is 11.0. The minimum Gasteiger partial charge on any atom is -0.324 e. The molecule has 3 aromatic rings. The van der Waals surface area contributed by atoms with E-state index >= 15 is 0 Å². The molecule has 3 aromatic carbocycles. The highest BCUT2D eigenvalue weighted by molar-refractivity contribution is 7.92. The van der Waals surface area contributed by atoms with Gasteiger partial charge >= 0.3 is 0 Å². The van der Waals surface area contributed by atoms with Crippen LogP contribution in [-0.2, 0) is 14.8 Å². The number of benzene rings is 3. The van der Waals surface area contributed by atoms with Crippen molar-refractivity contribution in [2.75, 3.05) is 22.4 Å². The number of fused-ring (bicyclic) bond motifs is 1. The Morgan fingerprint density at radius 1 is 0.964 bits per heavy atom. The van der Waals surface area contributed by atoms with E-state index in [4.69, 9.17) is 0 Å². The van der Waals surface area contributed by atoms with Crippen LogP contribution in [-0.4, -0.2) is 27.1 Å². The smallest absolute Gasteiger partial charge is 0.245 e. The van der Waals surface area contributed by atoms with Crippen molar-refractivity contribution in [3.8, 4) is 0 Å². The van der Waals surface area contributed by atoms with Crippen molar-refractivity contribution >= 4 is 38.1 Å². The maximum Gasteiger partial charge on any atom is 0.245 e. The Kier molecular flexibility index (Phi) is 5.70. The summed E-state index contributed by atoms with van der Waals surface area (Å²) in [6, 6.07) is 20.5. The van der Waals surface area contributed by atoms with Crippen LogP contribution in [0.25, 0.3) is 10.8 Å². The summed E-state index contributed by atoms with van der Waals surface area (Å²) in [6.45, 7) is 3.80. The summed E-state index contributed by atoms with van der Waals surface area (Å²) >= 11 is 0. The Bertz CT molecular complexity index is 1100. The van der Waals surface area contributed by atoms with Gasteiger partial charge in [0.2, 0.25) is 15.9 Å². The number of rotatable bonds is 6. The summed E-state index contributed by atoms with van der Waals surface area (Å²) in [4.78, 5) is 12.7. The molecule has 0 aliphatic carbocycles. The zero-order valence-electron chi connectivity index (χ0n) is 16.2. The Morgan fingerprint density at radius 3 is 2.32 bits per heavy atom. The molecule has 0 saturated heterocycles. The van der Waals surface area contributed by atoms with E-state index in [1.807, 2.05) is 68.4 Å². The van der Waals surface area contributed by atoms with Gasteiger partial charge < -0.3 is 5.32 Å². The third-order valence-corrected chi connectivity index (χ3v) is 5.71. The van der Waals surface area contributed by atoms with E-state index in [2.05, 4.69) is 5.32 Å². The highest BCUT2D eigenvalue weighted by atomic mass is 32.2. The molecule has 0 aromatic heterocycles. The molecule has 6 heteroatoms. The number of amides is 1. The van der Waals surface area contributed by atoms with Crippen LogP contribution in [0.1, 0.15) is 25.3 Å². The molecule has 0 aliphatic rings. The fraction of sp³-hybridized carbons (Fsp3) is 0.227. The minimum atomic E-state index is -3.65. The van der Waals surface area contributed by atoms with Gasteiger partial charge in [-0.25, -0.2) is 8.42 Å². The molecule has 28 heavy (non-hydrogen) atoms. The second-order valence-electron chi connectivity index (χ2n) is 7.06. The number of hydrogen-bond donors (Lipinski definition) is 1. The zero-order chi connectivity index (χ0) is 20.3. The highest BCUT2D eigenvalue weighted by Crippen LogP contribution is 2.29. The molecule has 3 rings (SSSR count). The van der Waals surface area contributed by atoms with Crippen LogP contribution in [0.3, 0.4) is 0 Å². The lowest BCUT2D eigenvalue weighted by Crippen LogP contribution is -2.37. The predicted molar refractivity (Wildman–Crippen MR) is 115 cm³/mol. The standard InChI is InChI=1S/C22H24N2O3S/c1-16(2)18-11-6-7-13-20(18)23-22(25)15-24(28(3,26)27)21-14-8-10-17-9-4-5-12-19(17)21/h4-14,16H,15H2,1-3H3,(H,23,25). The third-order valence-electron chi connectivity index (χ3n) is 4.58. The molecule has 0 radical (unpaired) electrons. The molecular formula is C22H24N2O3S. The van der Waals surface area contributed by atoms with Crippen molar-refractivity contribution in [1.82, 2.24) is 0 Å². The number of carbonyl (C=O) groups is 1. The third kappa shape index (κ3) is 4.34. The number of carbonyl (C=O) groups excluding carboxylic acids is 1. The normalized spacial score (nSPS) is 11.6. The lowest BCUT2D eigenvalue weighted by Gasteiger charge is -2.24. The van der Waals surface area contributed by atoms with Crippen molar-refractivity contribution in [2.24, 2.45) is 0 Å². The minimum absolute atomic E-state index is 0.237. The predicted octanol–water partition coefficient (Wildman–Crippen LogP) is 4.37. The number of hydrogen-bond acceptors (Lipinski definition) is 3. The summed E-state index contributed by atoms with van der Waals surface area (Å²) in [6.07, 6.45) is 1.12. The van der Waals surface area contributed by atoms with Crippen molar-refractivity contribution < 1.29 is 13.2 Å². The lowest BCUT2D eigenvalue weighted by molar-refractivity contribution is -0.114. The number of para-hydroxylation sites is 1. The van der Waals surface area contributed by atoms with Crippen LogP contribution in [0.2, 0.25) is 0 Å². The average Bonchev–Trinajstić information content (AvgIpc) is 2.65. The van der Waals surface area contributed by atoms with Gasteiger partial charge in [0, 0.05) is 11.1 Å².